The molecule has 1 amide bonds. The molecule has 0 fully saturated rings. The van der Waals surface area contributed by atoms with Crippen LogP contribution in [0.1, 0.15) is 0 Å². The highest BCUT2D eigenvalue weighted by Gasteiger charge is 2.23. The highest BCUT2D eigenvalue weighted by Crippen LogP contribution is 2.34. The third-order valence-corrected chi connectivity index (χ3v) is 2.58. The number of ether oxygens (including phenoxy) is 1. The van der Waals surface area contributed by atoms with E-state index in [9.17, 15) is 4.79 Å². The normalized spacial score (nSPS) is 15.0. The molecule has 0 unspecified atom stereocenters. The molecule has 14 heavy (non-hydrogen) atoms. The monoisotopic (exact) mass is 254 g/mol. The van der Waals surface area contributed by atoms with Crippen molar-refractivity contribution in [1.82, 2.24) is 0 Å². The lowest BCUT2D eigenvalue weighted by molar-refractivity contribution is -0.121. The molecule has 1 aliphatic heterocycles. The number of amides is 1. The van der Waals surface area contributed by atoms with Crippen molar-refractivity contribution in [3.05, 3.63) is 29.6 Å². The molecule has 73 valence electrons. The van der Waals surface area contributed by atoms with Crippen LogP contribution in [0.5, 0.6) is 5.75 Å². The largest absolute Gasteiger partial charge is 0.482 e. The summed E-state index contributed by atoms with van der Waals surface area (Å²) in [5.41, 5.74) is 0.791. The second-order valence-electron chi connectivity index (χ2n) is 2.95. The van der Waals surface area contributed by atoms with Gasteiger partial charge in [-0.2, -0.15) is 0 Å². The molecule has 0 atom stereocenters. The lowest BCUT2D eigenvalue weighted by Gasteiger charge is -2.28. The average molecular weight is 255 g/mol. The Morgan fingerprint density at radius 1 is 1.57 bits per heavy atom. The quantitative estimate of drug-likeness (QED) is 0.768. The first-order chi connectivity index (χ1) is 6.72. The highest BCUT2D eigenvalue weighted by molar-refractivity contribution is 9.10. The number of carbonyl (C=O) groups excluding carboxylic acids is 1. The average Bonchev–Trinajstić information content (AvgIpc) is 2.18. The van der Waals surface area contributed by atoms with Crippen molar-refractivity contribution < 1.29 is 9.53 Å². The fourth-order valence-corrected chi connectivity index (χ4v) is 1.76. The number of rotatable bonds is 1. The minimum absolute atomic E-state index is 0.0465. The highest BCUT2D eigenvalue weighted by atomic mass is 79.9. The summed E-state index contributed by atoms with van der Waals surface area (Å²) in [6, 6.07) is 5.58. The molecule has 4 heteroatoms. The summed E-state index contributed by atoms with van der Waals surface area (Å²) < 4.78 is 6.24. The van der Waals surface area contributed by atoms with E-state index < -0.39 is 0 Å². The molecular weight excluding hydrogens is 246 g/mol. The zero-order chi connectivity index (χ0) is 10.1. The second-order valence-corrected chi connectivity index (χ2v) is 3.86. The van der Waals surface area contributed by atoms with Crippen molar-refractivity contribution in [3.8, 4) is 5.75 Å². The van der Waals surface area contributed by atoms with Crippen LogP contribution in [-0.2, 0) is 4.79 Å². The Hall–Kier alpha value is -1.03. The topological polar surface area (TPSA) is 29.5 Å². The van der Waals surface area contributed by atoms with Crippen LogP contribution in [-0.4, -0.2) is 19.1 Å². The van der Waals surface area contributed by atoms with E-state index in [1.54, 1.807) is 4.90 Å². The number of fused-ring (bicyclic) bond motifs is 1. The minimum Gasteiger partial charge on any atom is -0.482 e. The molecule has 0 saturated carbocycles. The number of benzene rings is 1. The molecule has 0 N–H and O–H groups in total. The lowest BCUT2D eigenvalue weighted by atomic mass is 10.2. The zero-order valence-electron chi connectivity index (χ0n) is 7.50. The predicted octanol–water partition coefficient (Wildman–Crippen LogP) is 2.01. The number of hydrogen-bond acceptors (Lipinski definition) is 2. The number of hydrogen-bond donors (Lipinski definition) is 0. The second kappa shape index (κ2) is 3.61. The van der Waals surface area contributed by atoms with Crippen molar-refractivity contribution in [2.24, 2.45) is 0 Å². The molecule has 0 aliphatic carbocycles. The van der Waals surface area contributed by atoms with Gasteiger partial charge in [-0.25, -0.2) is 0 Å². The van der Waals surface area contributed by atoms with Crippen LogP contribution in [0.2, 0.25) is 0 Å². The first kappa shape index (κ1) is 9.52. The van der Waals surface area contributed by atoms with Crippen LogP contribution in [0.15, 0.2) is 22.7 Å². The molecule has 0 bridgehead atoms. The van der Waals surface area contributed by atoms with Gasteiger partial charge in [0.25, 0.3) is 5.91 Å². The molecule has 1 aliphatic rings. The van der Waals surface area contributed by atoms with Crippen LogP contribution in [0.25, 0.3) is 0 Å². The summed E-state index contributed by atoms with van der Waals surface area (Å²) in [4.78, 5) is 13.0. The smallest absolute Gasteiger partial charge is 0.265 e. The van der Waals surface area contributed by atoms with E-state index in [0.29, 0.717) is 6.54 Å². The number of nitrogens with zero attached hydrogens (tertiary/aromatic N) is 1. The van der Waals surface area contributed by atoms with E-state index in [4.69, 9.17) is 4.74 Å². The number of halogens is 1. The number of carbonyl (C=O) groups is 1. The molecule has 1 heterocycles. The summed E-state index contributed by atoms with van der Waals surface area (Å²) in [5, 5.41) is 0. The molecule has 0 aromatic heterocycles. The van der Waals surface area contributed by atoms with E-state index >= 15 is 0 Å². The summed E-state index contributed by atoms with van der Waals surface area (Å²) in [5.74, 6) is 0.678. The predicted molar refractivity (Wildman–Crippen MR) is 57.3 cm³/mol. The van der Waals surface area contributed by atoms with Crippen molar-refractivity contribution in [2.75, 3.05) is 18.1 Å². The van der Waals surface area contributed by atoms with E-state index in [1.165, 1.54) is 0 Å². The van der Waals surface area contributed by atoms with Gasteiger partial charge in [0.05, 0.1) is 5.69 Å². The van der Waals surface area contributed by atoms with Gasteiger partial charge in [-0.05, 0) is 25.1 Å². The van der Waals surface area contributed by atoms with E-state index in [0.717, 1.165) is 15.9 Å². The summed E-state index contributed by atoms with van der Waals surface area (Å²) in [6.45, 7) is 4.24. The summed E-state index contributed by atoms with van der Waals surface area (Å²) >= 11 is 3.35. The lowest BCUT2D eigenvalue weighted by Crippen LogP contribution is -2.38. The van der Waals surface area contributed by atoms with Gasteiger partial charge in [0, 0.05) is 11.0 Å². The van der Waals surface area contributed by atoms with Gasteiger partial charge in [-0.1, -0.05) is 15.9 Å². The molecule has 2 rings (SSSR count). The Morgan fingerprint density at radius 2 is 2.36 bits per heavy atom. The minimum atomic E-state index is -0.0465. The van der Waals surface area contributed by atoms with E-state index in [1.807, 2.05) is 18.2 Å². The molecule has 1 aromatic rings. The maximum Gasteiger partial charge on any atom is 0.265 e. The molecular formula is C10H9BrNO2. The van der Waals surface area contributed by atoms with Gasteiger partial charge in [-0.15, -0.1) is 0 Å². The first-order valence-corrected chi connectivity index (χ1v) is 5.03. The Kier molecular flexibility index (Phi) is 2.46. The van der Waals surface area contributed by atoms with Crippen molar-refractivity contribution in [2.45, 2.75) is 0 Å². The Bertz CT molecular complexity index is 378. The maximum atomic E-state index is 11.4. The van der Waals surface area contributed by atoms with Gasteiger partial charge in [0.1, 0.15) is 5.75 Å². The molecule has 0 saturated heterocycles. The Labute approximate surface area is 90.8 Å². The van der Waals surface area contributed by atoms with Crippen LogP contribution < -0.4 is 9.64 Å². The van der Waals surface area contributed by atoms with Crippen LogP contribution in [0, 0.1) is 6.92 Å². The van der Waals surface area contributed by atoms with Gasteiger partial charge in [-0.3, -0.25) is 4.79 Å². The van der Waals surface area contributed by atoms with Crippen molar-refractivity contribution >= 4 is 27.5 Å². The van der Waals surface area contributed by atoms with Crippen LogP contribution in [0.3, 0.4) is 0 Å². The van der Waals surface area contributed by atoms with E-state index in [2.05, 4.69) is 22.9 Å². The third kappa shape index (κ3) is 1.50. The Balaban J connectivity index is 2.47. The summed E-state index contributed by atoms with van der Waals surface area (Å²) in [6.07, 6.45) is 0. The number of anilines is 1. The Morgan fingerprint density at radius 3 is 3.07 bits per heavy atom. The fraction of sp³-hybridized carbons (Fsp3) is 0.200. The third-order valence-electron chi connectivity index (χ3n) is 2.09. The van der Waals surface area contributed by atoms with E-state index in [-0.39, 0.29) is 12.5 Å². The zero-order valence-corrected chi connectivity index (χ0v) is 9.08. The first-order valence-electron chi connectivity index (χ1n) is 4.24. The molecule has 1 aromatic carbocycles. The molecule has 0 spiro atoms. The van der Waals surface area contributed by atoms with Gasteiger partial charge >= 0.3 is 0 Å². The fourth-order valence-electron chi connectivity index (χ4n) is 1.42. The SMILES string of the molecule is [CH2]CN1C(=O)COc2cc(Br)ccc21. The van der Waals surface area contributed by atoms with Gasteiger partial charge < -0.3 is 9.64 Å². The van der Waals surface area contributed by atoms with Crippen LogP contribution >= 0.6 is 15.9 Å². The van der Waals surface area contributed by atoms with Gasteiger partial charge in [0.2, 0.25) is 0 Å². The molecule has 1 radical (unpaired) electrons. The van der Waals surface area contributed by atoms with Crippen LogP contribution in [0.4, 0.5) is 5.69 Å². The van der Waals surface area contributed by atoms with Gasteiger partial charge in [0.15, 0.2) is 6.61 Å². The standard InChI is InChI=1S/C10H9BrNO2/c1-2-12-8-4-3-7(11)5-9(8)14-6-10(12)13/h3-5H,1-2,6H2. The van der Waals surface area contributed by atoms with Crippen molar-refractivity contribution in [3.63, 3.8) is 0 Å². The maximum absolute atomic E-state index is 11.4. The van der Waals surface area contributed by atoms with Crippen molar-refractivity contribution in [1.29, 1.82) is 0 Å². The molecule has 3 nitrogen and oxygen atoms in total. The summed E-state index contributed by atoms with van der Waals surface area (Å²) in [7, 11) is 0.